The average molecular weight is 577 g/mol. The predicted octanol–water partition coefficient (Wildman–Crippen LogP) is 5.45. The second-order valence-corrected chi connectivity index (χ2v) is 13.4. The molecule has 0 atom stereocenters. The number of hydrogen-bond acceptors (Lipinski definition) is 7. The van der Waals surface area contributed by atoms with Crippen LogP contribution in [0, 0.1) is 18.3 Å². The second kappa shape index (κ2) is 11.4. The zero-order valence-corrected chi connectivity index (χ0v) is 25.2. The number of nitriles is 1. The molecule has 9 nitrogen and oxygen atoms in total. The molecule has 0 bridgehead atoms. The maximum atomic E-state index is 13.9. The van der Waals surface area contributed by atoms with Crippen molar-refractivity contribution >= 4 is 32.8 Å². The number of benzene rings is 2. The average Bonchev–Trinajstić information content (AvgIpc) is 3.30. The Morgan fingerprint density at radius 2 is 1.68 bits per heavy atom. The fraction of sp³-hybridized carbons (Fsp3) is 0.387. The summed E-state index contributed by atoms with van der Waals surface area (Å²) in [4.78, 5) is 29.4. The summed E-state index contributed by atoms with van der Waals surface area (Å²) < 4.78 is 34.4. The van der Waals surface area contributed by atoms with Gasteiger partial charge in [0.25, 0.3) is 10.0 Å². The van der Waals surface area contributed by atoms with Crippen molar-refractivity contribution in [2.45, 2.75) is 57.0 Å². The number of carbonyl (C=O) groups is 2. The fourth-order valence-electron chi connectivity index (χ4n) is 4.95. The molecule has 0 aliphatic carbocycles. The van der Waals surface area contributed by atoms with Crippen molar-refractivity contribution in [1.82, 2.24) is 13.8 Å². The number of piperidine rings is 1. The quantitative estimate of drug-likeness (QED) is 0.218. The van der Waals surface area contributed by atoms with Gasteiger partial charge in [-0.2, -0.15) is 5.26 Å². The number of carbonyl (C=O) groups excluding carboxylic acids is 2. The topological polar surface area (TPSA) is 113 Å². The summed E-state index contributed by atoms with van der Waals surface area (Å²) in [7, 11) is -0.799. The molecule has 1 amide bonds. The summed E-state index contributed by atoms with van der Waals surface area (Å²) >= 11 is 0. The van der Waals surface area contributed by atoms with E-state index in [-0.39, 0.29) is 28.2 Å². The van der Waals surface area contributed by atoms with Crippen LogP contribution in [-0.2, 0) is 14.8 Å². The number of ketones is 1. The first-order valence-corrected chi connectivity index (χ1v) is 14.9. The number of Topliss-reactive ketones (excluding diaryl/α,β-unsaturated/α-hetero) is 1. The molecule has 0 spiro atoms. The minimum absolute atomic E-state index is 0.0448. The number of fused-ring (bicyclic) bond motifs is 1. The van der Waals surface area contributed by atoms with Crippen molar-refractivity contribution in [3.05, 3.63) is 77.1 Å². The maximum absolute atomic E-state index is 13.9. The number of ether oxygens (including phenoxy) is 1. The summed E-state index contributed by atoms with van der Waals surface area (Å²) in [6, 6.07) is 15.4. The van der Waals surface area contributed by atoms with Gasteiger partial charge in [-0.1, -0.05) is 23.8 Å². The molecule has 10 heteroatoms. The van der Waals surface area contributed by atoms with E-state index in [9.17, 15) is 23.3 Å². The summed E-state index contributed by atoms with van der Waals surface area (Å²) in [5, 5.41) is 10.3. The van der Waals surface area contributed by atoms with Crippen LogP contribution in [-0.4, -0.2) is 66.9 Å². The first kappa shape index (κ1) is 29.9. The van der Waals surface area contributed by atoms with Gasteiger partial charge in [0.1, 0.15) is 22.9 Å². The van der Waals surface area contributed by atoms with Gasteiger partial charge in [-0.05, 0) is 82.3 Å². The van der Waals surface area contributed by atoms with Gasteiger partial charge in [-0.25, -0.2) is 17.2 Å². The van der Waals surface area contributed by atoms with E-state index in [0.717, 1.165) is 27.9 Å². The number of nitrogens with zero attached hydrogens (tertiary/aromatic N) is 4. The number of amides is 1. The number of aromatic nitrogens is 1. The number of aryl methyl sites for hydroxylation is 1. The Balaban J connectivity index is 1.75. The lowest BCUT2D eigenvalue weighted by Gasteiger charge is -2.33. The first-order chi connectivity index (χ1) is 19.2. The van der Waals surface area contributed by atoms with Crippen LogP contribution in [0.15, 0.2) is 65.2 Å². The number of rotatable bonds is 6. The Morgan fingerprint density at radius 3 is 2.24 bits per heavy atom. The van der Waals surface area contributed by atoms with Gasteiger partial charge in [0, 0.05) is 38.8 Å². The van der Waals surface area contributed by atoms with Crippen molar-refractivity contribution in [2.24, 2.45) is 0 Å². The molecule has 1 aliphatic heterocycles. The third kappa shape index (κ3) is 6.46. The molecule has 0 radical (unpaired) electrons. The molecule has 216 valence electrons. The molecule has 1 aromatic heterocycles. The molecule has 41 heavy (non-hydrogen) atoms. The highest BCUT2D eigenvalue weighted by molar-refractivity contribution is 7.90. The summed E-state index contributed by atoms with van der Waals surface area (Å²) in [5.41, 5.74) is 1.41. The highest BCUT2D eigenvalue weighted by Crippen LogP contribution is 2.34. The van der Waals surface area contributed by atoms with Gasteiger partial charge in [0.15, 0.2) is 0 Å². The van der Waals surface area contributed by atoms with E-state index in [1.165, 1.54) is 18.3 Å². The van der Waals surface area contributed by atoms with Crippen molar-refractivity contribution < 1.29 is 22.7 Å². The zero-order valence-electron chi connectivity index (χ0n) is 24.3. The van der Waals surface area contributed by atoms with E-state index < -0.39 is 21.4 Å². The van der Waals surface area contributed by atoms with Crippen LogP contribution in [0.1, 0.15) is 61.1 Å². The predicted molar refractivity (Wildman–Crippen MR) is 157 cm³/mol. The van der Waals surface area contributed by atoms with Crippen LogP contribution in [0.2, 0.25) is 0 Å². The molecule has 1 saturated heterocycles. The molecule has 4 rings (SSSR count). The van der Waals surface area contributed by atoms with Gasteiger partial charge in [0.05, 0.1) is 10.4 Å². The van der Waals surface area contributed by atoms with Gasteiger partial charge >= 0.3 is 6.09 Å². The van der Waals surface area contributed by atoms with Crippen LogP contribution >= 0.6 is 0 Å². The molecule has 2 aromatic carbocycles. The van der Waals surface area contributed by atoms with Crippen molar-refractivity contribution in [1.29, 1.82) is 5.26 Å². The molecule has 0 unspecified atom stereocenters. The Labute approximate surface area is 241 Å². The molecule has 1 aliphatic rings. The zero-order chi connectivity index (χ0) is 30.1. The third-order valence-electron chi connectivity index (χ3n) is 6.94. The smallest absolute Gasteiger partial charge is 0.410 e. The number of hydrogen-bond donors (Lipinski definition) is 0. The first-order valence-electron chi connectivity index (χ1n) is 13.5. The monoisotopic (exact) mass is 576 g/mol. The minimum atomic E-state index is -4.17. The number of allylic oxidation sites excluding steroid dienone is 1. The SMILES string of the molecule is Cc1ccc(S(=O)(=O)n2c(C(=O)/C(C#N)=C/N(C)C)cc3cc(C4CCN(C(=O)OC(C)(C)C)CC4)ccc32)cc1. The third-order valence-corrected chi connectivity index (χ3v) is 8.69. The molecular formula is C31H36N4O5S. The van der Waals surface area contributed by atoms with Gasteiger partial charge in [-0.3, -0.25) is 4.79 Å². The molecule has 3 aromatic rings. The largest absolute Gasteiger partial charge is 0.444 e. The van der Waals surface area contributed by atoms with Crippen LogP contribution in [0.3, 0.4) is 0 Å². The Morgan fingerprint density at radius 1 is 1.05 bits per heavy atom. The Bertz CT molecular complexity index is 1650. The van der Waals surface area contributed by atoms with E-state index in [4.69, 9.17) is 4.74 Å². The molecule has 0 saturated carbocycles. The van der Waals surface area contributed by atoms with Crippen molar-refractivity contribution in [2.75, 3.05) is 27.2 Å². The highest BCUT2D eigenvalue weighted by Gasteiger charge is 2.30. The van der Waals surface area contributed by atoms with Crippen LogP contribution in [0.5, 0.6) is 0 Å². The summed E-state index contributed by atoms with van der Waals surface area (Å²) in [5.74, 6) is -0.530. The highest BCUT2D eigenvalue weighted by atomic mass is 32.2. The molecule has 0 N–H and O–H groups in total. The number of likely N-dealkylation sites (tertiary alicyclic amines) is 1. The van der Waals surface area contributed by atoms with E-state index in [1.54, 1.807) is 48.2 Å². The van der Waals surface area contributed by atoms with Crippen molar-refractivity contribution in [3.8, 4) is 6.07 Å². The molecule has 1 fully saturated rings. The van der Waals surface area contributed by atoms with E-state index in [2.05, 4.69) is 0 Å². The van der Waals surface area contributed by atoms with Crippen LogP contribution in [0.4, 0.5) is 4.79 Å². The van der Waals surface area contributed by atoms with Gasteiger partial charge in [-0.15, -0.1) is 0 Å². The van der Waals surface area contributed by atoms with E-state index in [1.807, 2.05) is 45.9 Å². The standard InChI is InChI=1S/C31H36N4O5S/c1-21-7-10-26(11-8-21)41(38,39)35-27-12-9-23(22-13-15-34(16-14-22)30(37)40-31(2,3)4)17-24(27)18-28(35)29(36)25(19-32)20-33(5)6/h7-12,17-18,20,22H,13-16H2,1-6H3/b25-20+. The lowest BCUT2D eigenvalue weighted by molar-refractivity contribution is 0.0204. The Hall–Kier alpha value is -4.10. The normalized spacial score (nSPS) is 15.0. The summed E-state index contributed by atoms with van der Waals surface area (Å²) in [6.45, 7) is 8.48. The second-order valence-electron chi connectivity index (χ2n) is 11.6. The van der Waals surface area contributed by atoms with Gasteiger partial charge < -0.3 is 14.5 Å². The van der Waals surface area contributed by atoms with Crippen LogP contribution in [0.25, 0.3) is 10.9 Å². The van der Waals surface area contributed by atoms with Gasteiger partial charge in [0.2, 0.25) is 5.78 Å². The van der Waals surface area contributed by atoms with Crippen LogP contribution < -0.4 is 0 Å². The fourth-order valence-corrected chi connectivity index (χ4v) is 6.46. The minimum Gasteiger partial charge on any atom is -0.444 e. The molecule has 2 heterocycles. The lowest BCUT2D eigenvalue weighted by atomic mass is 9.89. The Kier molecular flexibility index (Phi) is 8.31. The molecular weight excluding hydrogens is 540 g/mol. The summed E-state index contributed by atoms with van der Waals surface area (Å²) in [6.07, 6.45) is 2.51. The van der Waals surface area contributed by atoms with Crippen molar-refractivity contribution in [3.63, 3.8) is 0 Å². The van der Waals surface area contributed by atoms with E-state index >= 15 is 0 Å². The maximum Gasteiger partial charge on any atom is 0.410 e. The lowest BCUT2D eigenvalue weighted by Crippen LogP contribution is -2.41. The van der Waals surface area contributed by atoms with E-state index in [0.29, 0.717) is 24.0 Å².